The number of sulfonamides is 1. The molecule has 0 aromatic heterocycles. The Hall–Kier alpha value is -1.42. The van der Waals surface area contributed by atoms with Gasteiger partial charge in [-0.05, 0) is 30.0 Å². The van der Waals surface area contributed by atoms with Crippen molar-refractivity contribution in [1.82, 2.24) is 4.72 Å². The largest absolute Gasteiger partial charge is 0.384 e. The lowest BCUT2D eigenvalue weighted by atomic mass is 9.91. The van der Waals surface area contributed by atoms with Gasteiger partial charge in [-0.2, -0.15) is 0 Å². The molecular formula is C15H20FNO3S. The minimum absolute atomic E-state index is 0.0527. The lowest BCUT2D eigenvalue weighted by Crippen LogP contribution is -2.33. The molecule has 0 heterocycles. The lowest BCUT2D eigenvalue weighted by Gasteiger charge is -2.22. The number of nitrogens with one attached hydrogen (secondary N) is 1. The van der Waals surface area contributed by atoms with Gasteiger partial charge in [0, 0.05) is 6.54 Å². The van der Waals surface area contributed by atoms with Crippen LogP contribution in [0.1, 0.15) is 32.8 Å². The number of rotatable bonds is 5. The highest BCUT2D eigenvalue weighted by molar-refractivity contribution is 7.89. The molecule has 0 fully saturated rings. The minimum Gasteiger partial charge on any atom is -0.384 e. The zero-order chi connectivity index (χ0) is 16.1. The summed E-state index contributed by atoms with van der Waals surface area (Å²) in [5.74, 6) is 4.00. The lowest BCUT2D eigenvalue weighted by molar-refractivity contribution is 0.350. The molecule has 116 valence electrons. The van der Waals surface area contributed by atoms with E-state index in [0.29, 0.717) is 0 Å². The molecule has 0 aliphatic carbocycles. The Morgan fingerprint density at radius 1 is 1.38 bits per heavy atom. The van der Waals surface area contributed by atoms with Gasteiger partial charge < -0.3 is 5.11 Å². The summed E-state index contributed by atoms with van der Waals surface area (Å²) < 4.78 is 40.5. The minimum atomic E-state index is -3.75. The van der Waals surface area contributed by atoms with Crippen molar-refractivity contribution in [3.8, 4) is 11.8 Å². The number of aliphatic hydroxyl groups excluding tert-OH is 1. The van der Waals surface area contributed by atoms with Crippen LogP contribution in [0.5, 0.6) is 0 Å². The molecule has 0 amide bonds. The molecule has 0 unspecified atom stereocenters. The van der Waals surface area contributed by atoms with E-state index >= 15 is 0 Å². The van der Waals surface area contributed by atoms with E-state index in [-0.39, 0.29) is 29.0 Å². The summed E-state index contributed by atoms with van der Waals surface area (Å²) in [5.41, 5.74) is -0.116. The summed E-state index contributed by atoms with van der Waals surface area (Å²) in [6.07, 6.45) is 0.819. The van der Waals surface area contributed by atoms with E-state index < -0.39 is 15.8 Å². The summed E-state index contributed by atoms with van der Waals surface area (Å²) in [4.78, 5) is -0.138. The number of hydrogen-bond donors (Lipinski definition) is 2. The molecule has 2 N–H and O–H groups in total. The molecule has 0 aliphatic heterocycles. The van der Waals surface area contributed by atoms with E-state index in [1.807, 2.05) is 20.8 Å². The topological polar surface area (TPSA) is 66.4 Å². The van der Waals surface area contributed by atoms with Crippen molar-refractivity contribution >= 4 is 10.0 Å². The number of aliphatic hydroxyl groups is 1. The quantitative estimate of drug-likeness (QED) is 0.816. The van der Waals surface area contributed by atoms with Gasteiger partial charge in [0.1, 0.15) is 12.4 Å². The third kappa shape index (κ3) is 5.12. The maximum atomic E-state index is 13.8. The Labute approximate surface area is 125 Å². The van der Waals surface area contributed by atoms with Gasteiger partial charge >= 0.3 is 0 Å². The number of hydrogen-bond acceptors (Lipinski definition) is 3. The van der Waals surface area contributed by atoms with Gasteiger partial charge in [0.2, 0.25) is 10.0 Å². The van der Waals surface area contributed by atoms with Crippen molar-refractivity contribution in [2.45, 2.75) is 32.1 Å². The first-order chi connectivity index (χ1) is 9.72. The Balaban J connectivity index is 2.97. The van der Waals surface area contributed by atoms with Crippen LogP contribution in [0, 0.1) is 23.1 Å². The molecule has 1 aromatic rings. The SMILES string of the molecule is CCC(C)(C)CNS(=O)(=O)c1ccc(C#CCO)c(F)c1. The second-order valence-corrected chi connectivity index (χ2v) is 7.21. The average molecular weight is 313 g/mol. The summed E-state index contributed by atoms with van der Waals surface area (Å²) >= 11 is 0. The predicted octanol–water partition coefficient (Wildman–Crippen LogP) is 1.88. The van der Waals surface area contributed by atoms with Crippen molar-refractivity contribution in [2.24, 2.45) is 5.41 Å². The Kier molecular flexibility index (Phi) is 5.90. The van der Waals surface area contributed by atoms with E-state index in [1.54, 1.807) is 0 Å². The Morgan fingerprint density at radius 2 is 2.05 bits per heavy atom. The molecular weight excluding hydrogens is 293 g/mol. The van der Waals surface area contributed by atoms with Crippen LogP contribution < -0.4 is 4.72 Å². The van der Waals surface area contributed by atoms with Gasteiger partial charge in [-0.3, -0.25) is 0 Å². The molecule has 0 saturated carbocycles. The van der Waals surface area contributed by atoms with Crippen LogP contribution in [0.25, 0.3) is 0 Å². The zero-order valence-corrected chi connectivity index (χ0v) is 13.2. The average Bonchev–Trinajstić information content (AvgIpc) is 2.44. The molecule has 4 nitrogen and oxygen atoms in total. The van der Waals surface area contributed by atoms with Gasteiger partial charge in [0.05, 0.1) is 10.5 Å². The molecule has 0 aliphatic rings. The molecule has 1 rings (SSSR count). The van der Waals surface area contributed by atoms with Crippen LogP contribution in [-0.4, -0.2) is 26.7 Å². The maximum absolute atomic E-state index is 13.8. The smallest absolute Gasteiger partial charge is 0.240 e. The highest BCUT2D eigenvalue weighted by atomic mass is 32.2. The van der Waals surface area contributed by atoms with E-state index in [4.69, 9.17) is 5.11 Å². The summed E-state index contributed by atoms with van der Waals surface area (Å²) in [7, 11) is -3.75. The van der Waals surface area contributed by atoms with Crippen molar-refractivity contribution in [2.75, 3.05) is 13.2 Å². The van der Waals surface area contributed by atoms with Crippen LogP contribution in [0.15, 0.2) is 23.1 Å². The van der Waals surface area contributed by atoms with Gasteiger partial charge in [-0.25, -0.2) is 17.5 Å². The summed E-state index contributed by atoms with van der Waals surface area (Å²) in [6.45, 7) is 5.77. The highest BCUT2D eigenvalue weighted by Crippen LogP contribution is 2.20. The monoisotopic (exact) mass is 313 g/mol. The van der Waals surface area contributed by atoms with Crippen molar-refractivity contribution in [3.05, 3.63) is 29.6 Å². The second kappa shape index (κ2) is 7.03. The van der Waals surface area contributed by atoms with Crippen LogP contribution >= 0.6 is 0 Å². The van der Waals surface area contributed by atoms with Gasteiger partial charge in [0.25, 0.3) is 0 Å². The van der Waals surface area contributed by atoms with E-state index in [9.17, 15) is 12.8 Å². The van der Waals surface area contributed by atoms with Crippen molar-refractivity contribution in [3.63, 3.8) is 0 Å². The van der Waals surface area contributed by atoms with Gasteiger partial charge in [0.15, 0.2) is 0 Å². The van der Waals surface area contributed by atoms with E-state index in [0.717, 1.165) is 12.5 Å². The van der Waals surface area contributed by atoms with Crippen LogP contribution in [0.3, 0.4) is 0 Å². The fraction of sp³-hybridized carbons (Fsp3) is 0.467. The van der Waals surface area contributed by atoms with Crippen molar-refractivity contribution < 1.29 is 17.9 Å². The fourth-order valence-electron chi connectivity index (χ4n) is 1.40. The predicted molar refractivity (Wildman–Crippen MR) is 79.6 cm³/mol. The molecule has 21 heavy (non-hydrogen) atoms. The van der Waals surface area contributed by atoms with E-state index in [1.165, 1.54) is 12.1 Å². The number of benzene rings is 1. The standard InChI is InChI=1S/C15H20FNO3S/c1-4-15(2,3)11-17-21(19,20)13-8-7-12(6-5-9-18)14(16)10-13/h7-8,10,17-18H,4,9,11H2,1-3H3. The second-order valence-electron chi connectivity index (χ2n) is 5.44. The van der Waals surface area contributed by atoms with Crippen molar-refractivity contribution in [1.29, 1.82) is 0 Å². The van der Waals surface area contributed by atoms with E-state index in [2.05, 4.69) is 16.6 Å². The molecule has 0 radical (unpaired) electrons. The summed E-state index contributed by atoms with van der Waals surface area (Å²) in [6, 6.07) is 3.52. The molecule has 0 saturated heterocycles. The first-order valence-corrected chi connectivity index (χ1v) is 8.09. The molecule has 6 heteroatoms. The maximum Gasteiger partial charge on any atom is 0.240 e. The van der Waals surface area contributed by atoms with Gasteiger partial charge in [-0.15, -0.1) is 0 Å². The van der Waals surface area contributed by atoms with Crippen LogP contribution in [-0.2, 0) is 10.0 Å². The van der Waals surface area contributed by atoms with Gasteiger partial charge in [-0.1, -0.05) is 32.6 Å². The zero-order valence-electron chi connectivity index (χ0n) is 12.4. The van der Waals surface area contributed by atoms with Crippen LogP contribution in [0.4, 0.5) is 4.39 Å². The Morgan fingerprint density at radius 3 is 2.57 bits per heavy atom. The highest BCUT2D eigenvalue weighted by Gasteiger charge is 2.21. The molecule has 0 spiro atoms. The fourth-order valence-corrected chi connectivity index (χ4v) is 2.65. The third-order valence-electron chi connectivity index (χ3n) is 3.25. The first-order valence-electron chi connectivity index (χ1n) is 6.61. The molecule has 0 atom stereocenters. The van der Waals surface area contributed by atoms with Crippen LogP contribution in [0.2, 0.25) is 0 Å². The third-order valence-corrected chi connectivity index (χ3v) is 4.65. The summed E-state index contributed by atoms with van der Waals surface area (Å²) in [5, 5.41) is 8.57. The Bertz CT molecular complexity index is 657. The molecule has 1 aromatic carbocycles. The number of halogens is 1. The normalized spacial score (nSPS) is 11.9. The first kappa shape index (κ1) is 17.6. The molecule has 0 bridgehead atoms.